The van der Waals surface area contributed by atoms with E-state index in [0.29, 0.717) is 36.5 Å². The van der Waals surface area contributed by atoms with Crippen LogP contribution in [0.15, 0.2) is 29.2 Å². The molecule has 1 saturated heterocycles. The Morgan fingerprint density at radius 1 is 1.10 bits per heavy atom. The summed E-state index contributed by atoms with van der Waals surface area (Å²) < 4.78 is 34.8. The van der Waals surface area contributed by atoms with Crippen molar-refractivity contribution in [1.29, 1.82) is 0 Å². The van der Waals surface area contributed by atoms with Crippen LogP contribution in [0.4, 0.5) is 24.1 Å². The van der Waals surface area contributed by atoms with Gasteiger partial charge in [0.2, 0.25) is 0 Å². The summed E-state index contributed by atoms with van der Waals surface area (Å²) in [4.78, 5) is 35.6. The molecule has 0 aromatic heterocycles. The van der Waals surface area contributed by atoms with E-state index in [1.807, 2.05) is 61.7 Å². The van der Waals surface area contributed by atoms with Crippen molar-refractivity contribution < 1.29 is 23.1 Å². The predicted molar refractivity (Wildman–Crippen MR) is 162 cm³/mol. The molecule has 2 aromatic rings. The minimum absolute atomic E-state index is 0.0705. The Labute approximate surface area is 251 Å². The van der Waals surface area contributed by atoms with Crippen LogP contribution in [0.1, 0.15) is 51.9 Å². The molecule has 2 aromatic carbocycles. The number of amides is 3. The number of hydrogen-bond acceptors (Lipinski definition) is 6. The number of aryl methyl sites for hydroxylation is 1. The van der Waals surface area contributed by atoms with Crippen molar-refractivity contribution in [3.63, 3.8) is 0 Å². The first-order chi connectivity index (χ1) is 19.7. The van der Waals surface area contributed by atoms with Crippen LogP contribution in [0, 0.1) is 18.6 Å². The summed E-state index contributed by atoms with van der Waals surface area (Å²) in [5, 5.41) is 3.25. The second kappa shape index (κ2) is 11.3. The SMILES string of the molecule is Cc1cc2c3c(c1-c1ccc(F)cc1F)SC[C@H](N(C)C)CN3C(=O)NC2N1C[C@@H](C)N(C(=O)OC(C)(C)C)[C@@H](C)C1. The molecule has 0 spiro atoms. The Morgan fingerprint density at radius 3 is 2.36 bits per heavy atom. The molecular formula is C31H41F2N5O3S. The van der Waals surface area contributed by atoms with E-state index in [1.54, 1.807) is 21.6 Å². The van der Waals surface area contributed by atoms with Gasteiger partial charge in [-0.25, -0.2) is 18.4 Å². The molecule has 0 radical (unpaired) electrons. The van der Waals surface area contributed by atoms with E-state index in [9.17, 15) is 14.0 Å². The Morgan fingerprint density at radius 2 is 1.76 bits per heavy atom. The highest BCUT2D eigenvalue weighted by molar-refractivity contribution is 7.99. The van der Waals surface area contributed by atoms with Crippen LogP contribution in [0.2, 0.25) is 0 Å². The van der Waals surface area contributed by atoms with E-state index < -0.39 is 23.4 Å². The lowest BCUT2D eigenvalue weighted by atomic mass is 9.92. The number of ether oxygens (including phenoxy) is 1. The van der Waals surface area contributed by atoms with Gasteiger partial charge >= 0.3 is 12.1 Å². The maximum absolute atomic E-state index is 15.2. The zero-order chi connectivity index (χ0) is 30.7. The minimum Gasteiger partial charge on any atom is -0.444 e. The number of carbonyl (C=O) groups excluding carboxylic acids is 2. The average Bonchev–Trinajstić information content (AvgIpc) is 3.07. The van der Waals surface area contributed by atoms with Gasteiger partial charge in [0.15, 0.2) is 0 Å². The Kier molecular flexibility index (Phi) is 8.23. The molecule has 228 valence electrons. The number of carbonyl (C=O) groups is 2. The largest absolute Gasteiger partial charge is 0.444 e. The molecule has 4 atom stereocenters. The van der Waals surface area contributed by atoms with Crippen LogP contribution in [-0.2, 0) is 4.74 Å². The van der Waals surface area contributed by atoms with Crippen molar-refractivity contribution in [3.8, 4) is 11.1 Å². The van der Waals surface area contributed by atoms with Gasteiger partial charge in [-0.05, 0) is 79.4 Å². The predicted octanol–water partition coefficient (Wildman–Crippen LogP) is 5.83. The fraction of sp³-hybridized carbons (Fsp3) is 0.548. The molecule has 3 heterocycles. The van der Waals surface area contributed by atoms with E-state index >= 15 is 4.39 Å². The Balaban J connectivity index is 1.59. The van der Waals surface area contributed by atoms with Crippen LogP contribution >= 0.6 is 11.8 Å². The molecule has 8 nitrogen and oxygen atoms in total. The number of urea groups is 1. The molecule has 5 rings (SSSR count). The van der Waals surface area contributed by atoms with E-state index in [0.717, 1.165) is 27.8 Å². The third-order valence-electron chi connectivity index (χ3n) is 8.21. The van der Waals surface area contributed by atoms with Gasteiger partial charge in [-0.1, -0.05) is 0 Å². The second-order valence-corrected chi connectivity index (χ2v) is 13.9. The number of nitrogens with zero attached hydrogens (tertiary/aromatic N) is 4. The van der Waals surface area contributed by atoms with E-state index in [-0.39, 0.29) is 30.2 Å². The average molecular weight is 602 g/mol. The number of benzene rings is 2. The van der Waals surface area contributed by atoms with Crippen molar-refractivity contribution >= 4 is 29.6 Å². The molecule has 0 bridgehead atoms. The van der Waals surface area contributed by atoms with Gasteiger partial charge in [0, 0.05) is 71.2 Å². The van der Waals surface area contributed by atoms with Gasteiger partial charge < -0.3 is 19.9 Å². The monoisotopic (exact) mass is 601 g/mol. The first-order valence-corrected chi connectivity index (χ1v) is 15.4. The molecule has 0 saturated carbocycles. The summed E-state index contributed by atoms with van der Waals surface area (Å²) in [5.41, 5.74) is 2.96. The minimum atomic E-state index is -0.632. The summed E-state index contributed by atoms with van der Waals surface area (Å²) in [6.07, 6.45) is -0.780. The topological polar surface area (TPSA) is 68.4 Å². The summed E-state index contributed by atoms with van der Waals surface area (Å²) >= 11 is 1.61. The maximum Gasteiger partial charge on any atom is 0.410 e. The Hall–Kier alpha value is -2.89. The van der Waals surface area contributed by atoms with Gasteiger partial charge in [-0.15, -0.1) is 11.8 Å². The lowest BCUT2D eigenvalue weighted by molar-refractivity contribution is -0.0251. The second-order valence-electron chi connectivity index (χ2n) is 12.9. The van der Waals surface area contributed by atoms with Gasteiger partial charge in [0.1, 0.15) is 23.4 Å². The van der Waals surface area contributed by atoms with Crippen molar-refractivity contribution in [3.05, 3.63) is 47.0 Å². The molecule has 1 N–H and O–H groups in total. The molecule has 3 amide bonds. The molecule has 3 aliphatic rings. The van der Waals surface area contributed by atoms with Gasteiger partial charge in [0.05, 0.1) is 5.69 Å². The number of piperazine rings is 1. The Bertz CT molecular complexity index is 1390. The third-order valence-corrected chi connectivity index (χ3v) is 9.45. The highest BCUT2D eigenvalue weighted by Crippen LogP contribution is 2.50. The van der Waals surface area contributed by atoms with Crippen LogP contribution in [0.5, 0.6) is 0 Å². The summed E-state index contributed by atoms with van der Waals surface area (Å²) in [6.45, 7) is 13.0. The summed E-state index contributed by atoms with van der Waals surface area (Å²) in [7, 11) is 3.98. The number of thioether (sulfide) groups is 1. The van der Waals surface area contributed by atoms with Crippen LogP contribution < -0.4 is 10.2 Å². The molecule has 3 aliphatic heterocycles. The number of anilines is 1. The zero-order valence-corrected chi connectivity index (χ0v) is 26.4. The van der Waals surface area contributed by atoms with Crippen LogP contribution in [-0.4, -0.2) is 90.0 Å². The highest BCUT2D eigenvalue weighted by Gasteiger charge is 2.44. The normalized spacial score (nSPS) is 24.8. The van der Waals surface area contributed by atoms with Gasteiger partial charge in [0.25, 0.3) is 0 Å². The lowest BCUT2D eigenvalue weighted by Gasteiger charge is -2.49. The molecule has 0 aliphatic carbocycles. The van der Waals surface area contributed by atoms with E-state index in [1.165, 1.54) is 12.1 Å². The number of hydrogen-bond donors (Lipinski definition) is 1. The molecule has 1 unspecified atom stereocenters. The van der Waals surface area contributed by atoms with Crippen molar-refractivity contribution in [2.45, 2.75) is 76.3 Å². The van der Waals surface area contributed by atoms with Crippen molar-refractivity contribution in [2.75, 3.05) is 44.4 Å². The van der Waals surface area contributed by atoms with Crippen molar-refractivity contribution in [1.82, 2.24) is 20.0 Å². The smallest absolute Gasteiger partial charge is 0.410 e. The van der Waals surface area contributed by atoms with E-state index in [2.05, 4.69) is 15.1 Å². The third kappa shape index (κ3) is 5.70. The van der Waals surface area contributed by atoms with Gasteiger partial charge in [-0.2, -0.15) is 0 Å². The zero-order valence-electron chi connectivity index (χ0n) is 25.6. The van der Waals surface area contributed by atoms with Crippen LogP contribution in [0.3, 0.4) is 0 Å². The first kappa shape index (κ1) is 30.6. The fourth-order valence-corrected chi connectivity index (χ4v) is 7.84. The van der Waals surface area contributed by atoms with Gasteiger partial charge in [-0.3, -0.25) is 9.80 Å². The quantitative estimate of drug-likeness (QED) is 0.477. The molecule has 1 fully saturated rings. The molecule has 11 heteroatoms. The number of likely N-dealkylation sites (N-methyl/N-ethyl adjacent to an activating group) is 1. The summed E-state index contributed by atoms with van der Waals surface area (Å²) in [5.74, 6) is -0.559. The fourth-order valence-electron chi connectivity index (χ4n) is 6.30. The number of halogens is 2. The van der Waals surface area contributed by atoms with Crippen LogP contribution in [0.25, 0.3) is 11.1 Å². The maximum atomic E-state index is 15.2. The number of nitrogens with one attached hydrogen (secondary N) is 1. The highest BCUT2D eigenvalue weighted by atomic mass is 32.2. The molecular weight excluding hydrogens is 560 g/mol. The first-order valence-electron chi connectivity index (χ1n) is 14.4. The summed E-state index contributed by atoms with van der Waals surface area (Å²) in [6, 6.07) is 5.24. The lowest BCUT2D eigenvalue weighted by Crippen LogP contribution is -2.63. The standard InChI is InChI=1S/C31H41F2N5O3S/c1-17-11-23-26-27(25(17)22-10-9-20(32)12-24(22)33)42-16-21(35(7)8)15-37(26)29(39)34-28(23)36-13-18(2)38(19(3)14-36)30(40)41-31(4,5)6/h9-12,18-19,21,28H,13-16H2,1-8H3,(H,34,39)/t18-,19+,21-,28?/m1/s1. The number of rotatable bonds is 3. The van der Waals surface area contributed by atoms with E-state index in [4.69, 9.17) is 4.74 Å². The van der Waals surface area contributed by atoms with Crippen molar-refractivity contribution in [2.24, 2.45) is 0 Å². The molecule has 42 heavy (non-hydrogen) atoms.